The van der Waals surface area contributed by atoms with E-state index in [4.69, 9.17) is 9.47 Å². The molecule has 0 fully saturated rings. The summed E-state index contributed by atoms with van der Waals surface area (Å²) in [5.41, 5.74) is -0.841. The Kier molecular flexibility index (Phi) is 7.14. The first-order chi connectivity index (χ1) is 13.2. The Balaban J connectivity index is 2.01. The zero-order valence-corrected chi connectivity index (χ0v) is 16.0. The van der Waals surface area contributed by atoms with Gasteiger partial charge in [-0.1, -0.05) is 6.92 Å². The summed E-state index contributed by atoms with van der Waals surface area (Å²) >= 11 is 0. The summed E-state index contributed by atoms with van der Waals surface area (Å²) in [4.78, 5) is 13.6. The number of ether oxygens (including phenoxy) is 2. The van der Waals surface area contributed by atoms with Crippen molar-refractivity contribution in [1.29, 1.82) is 0 Å². The van der Waals surface area contributed by atoms with Gasteiger partial charge in [-0.05, 0) is 48.9 Å². The lowest BCUT2D eigenvalue weighted by atomic mass is 10.1. The third-order valence-electron chi connectivity index (χ3n) is 3.77. The molecule has 2 rings (SSSR count). The third kappa shape index (κ3) is 6.07. The molecule has 0 aliphatic heterocycles. The summed E-state index contributed by atoms with van der Waals surface area (Å²) in [5, 5.41) is 2.27. The molecule has 28 heavy (non-hydrogen) atoms. The minimum atomic E-state index is -4.59. The molecule has 0 atom stereocenters. The largest absolute Gasteiger partial charge is 0.494 e. The second-order valence-corrected chi connectivity index (χ2v) is 6.28. The summed E-state index contributed by atoms with van der Waals surface area (Å²) in [5.74, 6) is 0.405. The van der Waals surface area contributed by atoms with Crippen molar-refractivity contribution < 1.29 is 27.4 Å². The molecule has 8 heteroatoms. The number of carbonyl (C=O) groups is 1. The van der Waals surface area contributed by atoms with Gasteiger partial charge in [-0.3, -0.25) is 4.79 Å². The zero-order valence-electron chi connectivity index (χ0n) is 16.0. The molecule has 1 N–H and O–H groups in total. The molecule has 0 heterocycles. The number of carbonyl (C=O) groups excluding carboxylic acids is 1. The number of hydrogen-bond donors (Lipinski definition) is 1. The van der Waals surface area contributed by atoms with Crippen LogP contribution in [-0.4, -0.2) is 33.2 Å². The number of amides is 1. The Bertz CT molecular complexity index is 790. The molecule has 152 valence electrons. The molecule has 0 aliphatic rings. The minimum absolute atomic E-state index is 0.310. The Labute approximate surface area is 162 Å². The second-order valence-electron chi connectivity index (χ2n) is 6.28. The maximum absolute atomic E-state index is 13.3. The van der Waals surface area contributed by atoms with E-state index < -0.39 is 24.3 Å². The van der Waals surface area contributed by atoms with Gasteiger partial charge in [0.25, 0.3) is 5.91 Å². The predicted molar refractivity (Wildman–Crippen MR) is 102 cm³/mol. The molecule has 0 aromatic heterocycles. The molecule has 0 radical (unpaired) electrons. The summed E-state index contributed by atoms with van der Waals surface area (Å²) in [7, 11) is 3.28. The lowest BCUT2D eigenvalue weighted by Crippen LogP contribution is -2.22. The number of nitrogens with zero attached hydrogens (tertiary/aromatic N) is 1. The van der Waals surface area contributed by atoms with Crippen LogP contribution in [0.2, 0.25) is 0 Å². The number of anilines is 2. The lowest BCUT2D eigenvalue weighted by Gasteiger charge is -2.18. The van der Waals surface area contributed by atoms with Gasteiger partial charge in [-0.15, -0.1) is 0 Å². The van der Waals surface area contributed by atoms with Crippen molar-refractivity contribution in [2.75, 3.05) is 37.5 Å². The van der Waals surface area contributed by atoms with Gasteiger partial charge in [0.15, 0.2) is 6.61 Å². The standard InChI is InChI=1S/C20H23F3N2O3/c1-4-11-27-15-6-8-16(9-7-15)28-13-19(26)24-18-10-5-14(25(2)3)12-17(18)20(21,22)23/h5-10,12H,4,11,13H2,1-3H3,(H,24,26). The third-order valence-corrected chi connectivity index (χ3v) is 3.77. The Morgan fingerprint density at radius 3 is 2.18 bits per heavy atom. The van der Waals surface area contributed by atoms with E-state index in [1.54, 1.807) is 43.3 Å². The fourth-order valence-electron chi connectivity index (χ4n) is 2.34. The summed E-state index contributed by atoms with van der Waals surface area (Å²) < 4.78 is 50.7. The Morgan fingerprint density at radius 1 is 1.04 bits per heavy atom. The maximum atomic E-state index is 13.3. The van der Waals surface area contributed by atoms with Gasteiger partial charge in [0, 0.05) is 19.8 Å². The van der Waals surface area contributed by atoms with Crippen molar-refractivity contribution in [3.8, 4) is 11.5 Å². The molecule has 1 amide bonds. The van der Waals surface area contributed by atoms with Gasteiger partial charge in [-0.25, -0.2) is 0 Å². The second kappa shape index (κ2) is 9.34. The molecular formula is C20H23F3N2O3. The van der Waals surface area contributed by atoms with E-state index >= 15 is 0 Å². The Morgan fingerprint density at radius 2 is 1.64 bits per heavy atom. The highest BCUT2D eigenvalue weighted by Crippen LogP contribution is 2.37. The first-order valence-electron chi connectivity index (χ1n) is 8.74. The van der Waals surface area contributed by atoms with E-state index in [2.05, 4.69) is 5.32 Å². The normalized spacial score (nSPS) is 11.1. The van der Waals surface area contributed by atoms with Crippen LogP contribution >= 0.6 is 0 Å². The van der Waals surface area contributed by atoms with Crippen molar-refractivity contribution in [2.24, 2.45) is 0 Å². The maximum Gasteiger partial charge on any atom is 0.418 e. The van der Waals surface area contributed by atoms with Gasteiger partial charge < -0.3 is 19.7 Å². The molecular weight excluding hydrogens is 373 g/mol. The quantitative estimate of drug-likeness (QED) is 0.710. The van der Waals surface area contributed by atoms with E-state index in [1.165, 1.54) is 12.1 Å². The van der Waals surface area contributed by atoms with Gasteiger partial charge in [0.1, 0.15) is 11.5 Å². The number of alkyl halides is 3. The number of hydrogen-bond acceptors (Lipinski definition) is 4. The molecule has 0 spiro atoms. The molecule has 0 bridgehead atoms. The smallest absolute Gasteiger partial charge is 0.418 e. The van der Waals surface area contributed by atoms with Crippen LogP contribution in [0.15, 0.2) is 42.5 Å². The van der Waals surface area contributed by atoms with E-state index in [1.807, 2.05) is 6.92 Å². The van der Waals surface area contributed by atoms with E-state index in [-0.39, 0.29) is 5.69 Å². The van der Waals surface area contributed by atoms with Crippen LogP contribution in [0.4, 0.5) is 24.5 Å². The molecule has 0 saturated heterocycles. The fraction of sp³-hybridized carbons (Fsp3) is 0.350. The van der Waals surface area contributed by atoms with Gasteiger partial charge >= 0.3 is 6.18 Å². The zero-order chi connectivity index (χ0) is 20.7. The highest BCUT2D eigenvalue weighted by Gasteiger charge is 2.34. The average molecular weight is 396 g/mol. The lowest BCUT2D eigenvalue weighted by molar-refractivity contribution is -0.137. The van der Waals surface area contributed by atoms with Crippen LogP contribution in [0.1, 0.15) is 18.9 Å². The first-order valence-corrected chi connectivity index (χ1v) is 8.74. The summed E-state index contributed by atoms with van der Waals surface area (Å²) in [6.45, 7) is 2.17. The number of rotatable bonds is 8. The van der Waals surface area contributed by atoms with Crippen molar-refractivity contribution in [3.63, 3.8) is 0 Å². The minimum Gasteiger partial charge on any atom is -0.494 e. The Hall–Kier alpha value is -2.90. The number of nitrogens with one attached hydrogen (secondary N) is 1. The molecule has 2 aromatic rings. The molecule has 0 saturated carbocycles. The number of halogens is 3. The van der Waals surface area contributed by atoms with Crippen LogP contribution < -0.4 is 19.7 Å². The van der Waals surface area contributed by atoms with Crippen LogP contribution in [0.25, 0.3) is 0 Å². The van der Waals surface area contributed by atoms with E-state index in [9.17, 15) is 18.0 Å². The highest BCUT2D eigenvalue weighted by atomic mass is 19.4. The van der Waals surface area contributed by atoms with Crippen molar-refractivity contribution in [1.82, 2.24) is 0 Å². The predicted octanol–water partition coefficient (Wildman–Crippen LogP) is 4.58. The average Bonchev–Trinajstić information content (AvgIpc) is 2.64. The SMILES string of the molecule is CCCOc1ccc(OCC(=O)Nc2ccc(N(C)C)cc2C(F)(F)F)cc1. The molecule has 5 nitrogen and oxygen atoms in total. The summed E-state index contributed by atoms with van der Waals surface area (Å²) in [6.07, 6.45) is -3.71. The van der Waals surface area contributed by atoms with Crippen LogP contribution in [0.3, 0.4) is 0 Å². The van der Waals surface area contributed by atoms with Crippen molar-refractivity contribution >= 4 is 17.3 Å². The first kappa shape index (κ1) is 21.4. The van der Waals surface area contributed by atoms with Crippen LogP contribution in [0.5, 0.6) is 11.5 Å². The number of benzene rings is 2. The summed E-state index contributed by atoms with van der Waals surface area (Å²) in [6, 6.07) is 10.4. The van der Waals surface area contributed by atoms with Gasteiger partial charge in [0.2, 0.25) is 0 Å². The van der Waals surface area contributed by atoms with Gasteiger partial charge in [0.05, 0.1) is 17.9 Å². The molecule has 2 aromatic carbocycles. The van der Waals surface area contributed by atoms with Gasteiger partial charge in [-0.2, -0.15) is 13.2 Å². The topological polar surface area (TPSA) is 50.8 Å². The molecule has 0 unspecified atom stereocenters. The van der Waals surface area contributed by atoms with Crippen molar-refractivity contribution in [2.45, 2.75) is 19.5 Å². The van der Waals surface area contributed by atoms with E-state index in [0.717, 1.165) is 12.5 Å². The highest BCUT2D eigenvalue weighted by molar-refractivity contribution is 5.93. The monoisotopic (exact) mass is 396 g/mol. The van der Waals surface area contributed by atoms with Crippen LogP contribution in [-0.2, 0) is 11.0 Å². The van der Waals surface area contributed by atoms with E-state index in [0.29, 0.717) is 23.8 Å². The molecule has 0 aliphatic carbocycles. The fourth-order valence-corrected chi connectivity index (χ4v) is 2.34. The van der Waals surface area contributed by atoms with Crippen molar-refractivity contribution in [3.05, 3.63) is 48.0 Å². The van der Waals surface area contributed by atoms with Crippen LogP contribution in [0, 0.1) is 0 Å².